The van der Waals surface area contributed by atoms with E-state index in [1.165, 1.54) is 11.3 Å². The number of rotatable bonds is 1. The highest BCUT2D eigenvalue weighted by atomic mass is 15.2. The van der Waals surface area contributed by atoms with E-state index < -0.39 is 0 Å². The first-order valence-corrected chi connectivity index (χ1v) is 5.10. The van der Waals surface area contributed by atoms with E-state index >= 15 is 0 Å². The molecule has 0 fully saturated rings. The molecule has 0 saturated carbocycles. The lowest BCUT2D eigenvalue weighted by molar-refractivity contribution is 0.651. The third kappa shape index (κ3) is 1.48. The number of para-hydroxylation sites is 1. The van der Waals surface area contributed by atoms with Crippen LogP contribution in [-0.2, 0) is 6.42 Å². The van der Waals surface area contributed by atoms with Crippen LogP contribution in [0.1, 0.15) is 17.3 Å². The summed E-state index contributed by atoms with van der Waals surface area (Å²) in [4.78, 5) is 4.21. The van der Waals surface area contributed by atoms with E-state index in [2.05, 4.69) is 44.8 Å². The van der Waals surface area contributed by atoms with Gasteiger partial charge in [-0.15, -0.1) is 0 Å². The molecule has 2 heterocycles. The topological polar surface area (TPSA) is 53.6 Å². The minimum absolute atomic E-state index is 0.405. The van der Waals surface area contributed by atoms with Crippen molar-refractivity contribution in [3.63, 3.8) is 0 Å². The Bertz CT molecular complexity index is 449. The van der Waals surface area contributed by atoms with E-state index in [0.717, 1.165) is 18.8 Å². The summed E-state index contributed by atoms with van der Waals surface area (Å²) in [7, 11) is 0. The maximum absolute atomic E-state index is 4.21. The normalized spacial score (nSPS) is 19.3. The fraction of sp³-hybridized carbons (Fsp3) is 0.273. The number of hydrogen-bond donors (Lipinski definition) is 2. The van der Waals surface area contributed by atoms with Crippen molar-refractivity contribution in [3.05, 3.63) is 42.0 Å². The zero-order valence-corrected chi connectivity index (χ0v) is 8.27. The minimum atomic E-state index is 0.405. The van der Waals surface area contributed by atoms with Crippen molar-refractivity contribution >= 4 is 5.69 Å². The number of anilines is 1. The lowest BCUT2D eigenvalue weighted by atomic mass is 9.93. The quantitative estimate of drug-likeness (QED) is 0.734. The largest absolute Gasteiger partial charge is 0.384 e. The Morgan fingerprint density at radius 3 is 3.07 bits per heavy atom. The fourth-order valence-corrected chi connectivity index (χ4v) is 2.05. The van der Waals surface area contributed by atoms with Crippen LogP contribution in [0.25, 0.3) is 0 Å². The van der Waals surface area contributed by atoms with E-state index in [1.54, 1.807) is 6.33 Å². The van der Waals surface area contributed by atoms with Crippen molar-refractivity contribution in [2.24, 2.45) is 0 Å². The van der Waals surface area contributed by atoms with Gasteiger partial charge in [-0.05, 0) is 18.1 Å². The van der Waals surface area contributed by atoms with Gasteiger partial charge in [0.15, 0.2) is 0 Å². The molecule has 2 aromatic rings. The van der Waals surface area contributed by atoms with Crippen LogP contribution in [-0.4, -0.2) is 21.7 Å². The van der Waals surface area contributed by atoms with Crippen molar-refractivity contribution in [3.8, 4) is 0 Å². The standard InChI is InChI=1S/C11H12N4/c1-2-4-10-8(3-1)5-9(6-12-10)11-13-7-14-15-11/h1-4,7,9,12H,5-6H2,(H,13,14,15). The Morgan fingerprint density at radius 2 is 2.20 bits per heavy atom. The van der Waals surface area contributed by atoms with E-state index in [0.29, 0.717) is 5.92 Å². The Kier molecular flexibility index (Phi) is 1.91. The Labute approximate surface area is 87.7 Å². The van der Waals surface area contributed by atoms with Gasteiger partial charge < -0.3 is 5.32 Å². The molecule has 2 N–H and O–H groups in total. The first kappa shape index (κ1) is 8.47. The molecule has 76 valence electrons. The molecule has 1 aromatic heterocycles. The lowest BCUT2D eigenvalue weighted by Gasteiger charge is -2.24. The van der Waals surface area contributed by atoms with Gasteiger partial charge in [-0.1, -0.05) is 18.2 Å². The van der Waals surface area contributed by atoms with Crippen LogP contribution in [0.15, 0.2) is 30.6 Å². The molecule has 0 radical (unpaired) electrons. The maximum atomic E-state index is 4.21. The number of fused-ring (bicyclic) bond motifs is 1. The summed E-state index contributed by atoms with van der Waals surface area (Å²) in [5.74, 6) is 1.37. The van der Waals surface area contributed by atoms with Gasteiger partial charge >= 0.3 is 0 Å². The molecule has 4 heteroatoms. The van der Waals surface area contributed by atoms with Crippen molar-refractivity contribution in [1.29, 1.82) is 0 Å². The highest BCUT2D eigenvalue weighted by Gasteiger charge is 2.21. The first-order valence-electron chi connectivity index (χ1n) is 5.10. The third-order valence-electron chi connectivity index (χ3n) is 2.84. The average Bonchev–Trinajstić information content (AvgIpc) is 2.82. The van der Waals surface area contributed by atoms with E-state index in [4.69, 9.17) is 0 Å². The second-order valence-electron chi connectivity index (χ2n) is 3.81. The van der Waals surface area contributed by atoms with Gasteiger partial charge in [-0.2, -0.15) is 5.10 Å². The Hall–Kier alpha value is -1.84. The van der Waals surface area contributed by atoms with Crippen LogP contribution in [0.3, 0.4) is 0 Å². The molecule has 1 aromatic carbocycles. The molecule has 1 atom stereocenters. The summed E-state index contributed by atoms with van der Waals surface area (Å²) < 4.78 is 0. The zero-order valence-electron chi connectivity index (χ0n) is 8.27. The number of nitrogens with one attached hydrogen (secondary N) is 2. The van der Waals surface area contributed by atoms with Crippen LogP contribution in [0.2, 0.25) is 0 Å². The highest BCUT2D eigenvalue weighted by Crippen LogP contribution is 2.28. The van der Waals surface area contributed by atoms with Gasteiger partial charge in [0, 0.05) is 18.2 Å². The fourth-order valence-electron chi connectivity index (χ4n) is 2.05. The predicted molar refractivity (Wildman–Crippen MR) is 57.8 cm³/mol. The highest BCUT2D eigenvalue weighted by molar-refractivity contribution is 5.53. The molecule has 0 bridgehead atoms. The van der Waals surface area contributed by atoms with Crippen LogP contribution >= 0.6 is 0 Å². The molecular weight excluding hydrogens is 188 g/mol. The molecule has 1 aliphatic heterocycles. The molecular formula is C11H12N4. The Morgan fingerprint density at radius 1 is 1.27 bits per heavy atom. The average molecular weight is 200 g/mol. The Balaban J connectivity index is 1.89. The molecule has 15 heavy (non-hydrogen) atoms. The van der Waals surface area contributed by atoms with Crippen LogP contribution in [0, 0.1) is 0 Å². The van der Waals surface area contributed by atoms with Gasteiger partial charge in [0.05, 0.1) is 0 Å². The second-order valence-corrected chi connectivity index (χ2v) is 3.81. The van der Waals surface area contributed by atoms with Crippen LogP contribution in [0.4, 0.5) is 5.69 Å². The molecule has 0 aliphatic carbocycles. The summed E-state index contributed by atoms with van der Waals surface area (Å²) in [6.45, 7) is 0.923. The van der Waals surface area contributed by atoms with Crippen LogP contribution < -0.4 is 5.32 Å². The van der Waals surface area contributed by atoms with Crippen molar-refractivity contribution in [2.45, 2.75) is 12.3 Å². The molecule has 1 aliphatic rings. The monoisotopic (exact) mass is 200 g/mol. The summed E-state index contributed by atoms with van der Waals surface area (Å²) >= 11 is 0. The first-order chi connectivity index (χ1) is 7.43. The maximum Gasteiger partial charge on any atom is 0.137 e. The van der Waals surface area contributed by atoms with Gasteiger partial charge in [0.25, 0.3) is 0 Å². The predicted octanol–water partition coefficient (Wildman–Crippen LogP) is 1.56. The van der Waals surface area contributed by atoms with Crippen LogP contribution in [0.5, 0.6) is 0 Å². The van der Waals surface area contributed by atoms with E-state index in [-0.39, 0.29) is 0 Å². The van der Waals surface area contributed by atoms with Crippen molar-refractivity contribution in [2.75, 3.05) is 11.9 Å². The third-order valence-corrected chi connectivity index (χ3v) is 2.84. The summed E-state index contributed by atoms with van der Waals surface area (Å²) in [6.07, 6.45) is 2.59. The zero-order chi connectivity index (χ0) is 10.1. The number of H-pyrrole nitrogens is 1. The summed E-state index contributed by atoms with van der Waals surface area (Å²) in [5.41, 5.74) is 2.60. The van der Waals surface area contributed by atoms with Gasteiger partial charge in [-0.3, -0.25) is 5.10 Å². The smallest absolute Gasteiger partial charge is 0.137 e. The van der Waals surface area contributed by atoms with Gasteiger partial charge in [0.1, 0.15) is 12.2 Å². The SMILES string of the molecule is c1ccc2c(c1)CC(c1ncn[nH]1)CN2. The molecule has 1 unspecified atom stereocenters. The van der Waals surface area contributed by atoms with E-state index in [1.807, 2.05) is 0 Å². The number of aromatic amines is 1. The second kappa shape index (κ2) is 3.38. The van der Waals surface area contributed by atoms with Crippen molar-refractivity contribution < 1.29 is 0 Å². The molecule has 0 amide bonds. The van der Waals surface area contributed by atoms with E-state index in [9.17, 15) is 0 Å². The van der Waals surface area contributed by atoms with Crippen molar-refractivity contribution in [1.82, 2.24) is 15.2 Å². The molecule has 0 spiro atoms. The number of benzene rings is 1. The number of nitrogens with zero attached hydrogens (tertiary/aromatic N) is 2. The summed E-state index contributed by atoms with van der Waals surface area (Å²) in [6, 6.07) is 8.40. The molecule has 0 saturated heterocycles. The number of aromatic nitrogens is 3. The minimum Gasteiger partial charge on any atom is -0.384 e. The van der Waals surface area contributed by atoms with Gasteiger partial charge in [-0.25, -0.2) is 4.98 Å². The lowest BCUT2D eigenvalue weighted by Crippen LogP contribution is -2.22. The van der Waals surface area contributed by atoms with Gasteiger partial charge in [0.2, 0.25) is 0 Å². The summed E-state index contributed by atoms with van der Waals surface area (Å²) in [5, 5.41) is 10.2. The molecule has 3 rings (SSSR count). The molecule has 4 nitrogen and oxygen atoms in total. The number of hydrogen-bond acceptors (Lipinski definition) is 3.